The van der Waals surface area contributed by atoms with E-state index in [1.54, 1.807) is 17.5 Å². The molecule has 1 amide bonds. The zero-order chi connectivity index (χ0) is 13.5. The molecule has 4 nitrogen and oxygen atoms in total. The Morgan fingerprint density at radius 1 is 1.35 bits per heavy atom. The summed E-state index contributed by atoms with van der Waals surface area (Å²) >= 11 is 1.79. The number of H-pyrrole nitrogens is 1. The Morgan fingerprint density at radius 2 is 2.30 bits per heavy atom. The number of fused-ring (bicyclic) bond motifs is 2. The summed E-state index contributed by atoms with van der Waals surface area (Å²) in [5, 5.41) is 10.0. The van der Waals surface area contributed by atoms with E-state index in [0.717, 1.165) is 36.0 Å². The van der Waals surface area contributed by atoms with Crippen LogP contribution in [0.5, 0.6) is 0 Å². The molecule has 3 heterocycles. The van der Waals surface area contributed by atoms with Crippen molar-refractivity contribution in [1.82, 2.24) is 15.1 Å². The molecule has 100 valence electrons. The SMILES string of the molecule is O=C(c1ccc2cn[nH]c2c1)N1CCc2sccc2C1. The van der Waals surface area contributed by atoms with Crippen LogP contribution in [0.2, 0.25) is 0 Å². The second-order valence-electron chi connectivity index (χ2n) is 5.02. The number of benzene rings is 1. The lowest BCUT2D eigenvalue weighted by atomic mass is 10.1. The van der Waals surface area contributed by atoms with Crippen molar-refractivity contribution in [3.63, 3.8) is 0 Å². The Kier molecular flexibility index (Phi) is 2.60. The van der Waals surface area contributed by atoms with Gasteiger partial charge in [-0.2, -0.15) is 5.10 Å². The zero-order valence-corrected chi connectivity index (χ0v) is 11.6. The third-order valence-corrected chi connectivity index (χ3v) is 4.81. The summed E-state index contributed by atoms with van der Waals surface area (Å²) < 4.78 is 0. The first-order valence-electron chi connectivity index (χ1n) is 6.59. The molecule has 3 aromatic rings. The van der Waals surface area contributed by atoms with Crippen LogP contribution in [0.1, 0.15) is 20.8 Å². The molecule has 4 rings (SSSR count). The number of aromatic nitrogens is 2. The Bertz CT molecular complexity index is 789. The van der Waals surface area contributed by atoms with Gasteiger partial charge in [-0.25, -0.2) is 0 Å². The first-order valence-corrected chi connectivity index (χ1v) is 7.47. The molecule has 0 saturated carbocycles. The van der Waals surface area contributed by atoms with Gasteiger partial charge >= 0.3 is 0 Å². The predicted molar refractivity (Wildman–Crippen MR) is 78.9 cm³/mol. The summed E-state index contributed by atoms with van der Waals surface area (Å²) in [5.41, 5.74) is 2.92. The fourth-order valence-electron chi connectivity index (χ4n) is 2.67. The summed E-state index contributed by atoms with van der Waals surface area (Å²) in [6, 6.07) is 7.82. The maximum Gasteiger partial charge on any atom is 0.254 e. The fourth-order valence-corrected chi connectivity index (χ4v) is 3.56. The van der Waals surface area contributed by atoms with E-state index in [4.69, 9.17) is 0 Å². The molecule has 1 aromatic carbocycles. The molecule has 1 aliphatic heterocycles. The van der Waals surface area contributed by atoms with Crippen molar-refractivity contribution in [2.75, 3.05) is 6.54 Å². The lowest BCUT2D eigenvalue weighted by Crippen LogP contribution is -2.35. The fraction of sp³-hybridized carbons (Fsp3) is 0.200. The van der Waals surface area contributed by atoms with Crippen molar-refractivity contribution < 1.29 is 4.79 Å². The molecule has 5 heteroatoms. The number of nitrogens with zero attached hydrogens (tertiary/aromatic N) is 2. The summed E-state index contributed by atoms with van der Waals surface area (Å²) in [7, 11) is 0. The highest BCUT2D eigenvalue weighted by Crippen LogP contribution is 2.25. The van der Waals surface area contributed by atoms with Gasteiger partial charge in [-0.05, 0) is 35.6 Å². The molecular weight excluding hydrogens is 270 g/mol. The number of carbonyl (C=O) groups excluding carboxylic acids is 1. The van der Waals surface area contributed by atoms with Gasteiger partial charge in [0.15, 0.2) is 0 Å². The Morgan fingerprint density at radius 3 is 3.25 bits per heavy atom. The molecule has 0 aliphatic carbocycles. The molecule has 20 heavy (non-hydrogen) atoms. The lowest BCUT2D eigenvalue weighted by molar-refractivity contribution is 0.0736. The van der Waals surface area contributed by atoms with E-state index in [1.165, 1.54) is 10.4 Å². The van der Waals surface area contributed by atoms with E-state index in [0.29, 0.717) is 0 Å². The van der Waals surface area contributed by atoms with Gasteiger partial charge < -0.3 is 4.90 Å². The average molecular weight is 283 g/mol. The van der Waals surface area contributed by atoms with Crippen LogP contribution in [-0.2, 0) is 13.0 Å². The number of hydrogen-bond acceptors (Lipinski definition) is 3. The molecule has 0 spiro atoms. The Balaban J connectivity index is 1.64. The van der Waals surface area contributed by atoms with Gasteiger partial charge in [-0.1, -0.05) is 6.07 Å². The van der Waals surface area contributed by atoms with Gasteiger partial charge in [0, 0.05) is 28.9 Å². The van der Waals surface area contributed by atoms with Crippen molar-refractivity contribution in [1.29, 1.82) is 0 Å². The molecule has 2 aromatic heterocycles. The molecule has 0 bridgehead atoms. The maximum absolute atomic E-state index is 12.6. The van der Waals surface area contributed by atoms with Gasteiger partial charge in [-0.15, -0.1) is 11.3 Å². The number of rotatable bonds is 1. The van der Waals surface area contributed by atoms with Crippen LogP contribution in [-0.4, -0.2) is 27.5 Å². The normalized spacial score (nSPS) is 14.5. The first kappa shape index (κ1) is 11.7. The van der Waals surface area contributed by atoms with E-state index in [9.17, 15) is 4.79 Å². The second kappa shape index (κ2) is 4.45. The Hall–Kier alpha value is -2.14. The summed E-state index contributed by atoms with van der Waals surface area (Å²) in [4.78, 5) is 15.9. The van der Waals surface area contributed by atoms with E-state index in [2.05, 4.69) is 21.6 Å². The van der Waals surface area contributed by atoms with Gasteiger partial charge in [0.1, 0.15) is 0 Å². The largest absolute Gasteiger partial charge is 0.334 e. The van der Waals surface area contributed by atoms with Gasteiger partial charge in [0.2, 0.25) is 0 Å². The van der Waals surface area contributed by atoms with Crippen molar-refractivity contribution in [2.45, 2.75) is 13.0 Å². The third-order valence-electron chi connectivity index (χ3n) is 3.78. The minimum absolute atomic E-state index is 0.0957. The van der Waals surface area contributed by atoms with Gasteiger partial charge in [0.25, 0.3) is 5.91 Å². The van der Waals surface area contributed by atoms with Crippen molar-refractivity contribution in [3.8, 4) is 0 Å². The van der Waals surface area contributed by atoms with Crippen LogP contribution in [0.4, 0.5) is 0 Å². The van der Waals surface area contributed by atoms with Crippen LogP contribution >= 0.6 is 11.3 Å². The van der Waals surface area contributed by atoms with Crippen LogP contribution in [0.15, 0.2) is 35.8 Å². The second-order valence-corrected chi connectivity index (χ2v) is 6.02. The maximum atomic E-state index is 12.6. The number of nitrogens with one attached hydrogen (secondary N) is 1. The molecule has 1 aliphatic rings. The summed E-state index contributed by atoms with van der Waals surface area (Å²) in [6.45, 7) is 1.52. The molecule has 0 unspecified atom stereocenters. The number of aromatic amines is 1. The monoisotopic (exact) mass is 283 g/mol. The molecular formula is C15H13N3OS. The number of thiophene rings is 1. The van der Waals surface area contributed by atoms with Crippen LogP contribution in [0.3, 0.4) is 0 Å². The van der Waals surface area contributed by atoms with Crippen LogP contribution in [0.25, 0.3) is 10.9 Å². The number of carbonyl (C=O) groups is 1. The lowest BCUT2D eigenvalue weighted by Gasteiger charge is -2.27. The highest BCUT2D eigenvalue weighted by atomic mass is 32.1. The van der Waals surface area contributed by atoms with Crippen molar-refractivity contribution >= 4 is 28.1 Å². The van der Waals surface area contributed by atoms with Crippen molar-refractivity contribution in [2.24, 2.45) is 0 Å². The first-order chi connectivity index (χ1) is 9.81. The summed E-state index contributed by atoms with van der Waals surface area (Å²) in [5.74, 6) is 0.0957. The minimum Gasteiger partial charge on any atom is -0.334 e. The summed E-state index contributed by atoms with van der Waals surface area (Å²) in [6.07, 6.45) is 2.73. The van der Waals surface area contributed by atoms with Gasteiger partial charge in [0.05, 0.1) is 11.7 Å². The standard InChI is InChI=1S/C15H13N3OS/c19-15(10-1-2-11-8-16-17-13(11)7-10)18-5-3-14-12(9-18)4-6-20-14/h1-2,4,6-8H,3,5,9H2,(H,16,17). The quantitative estimate of drug-likeness (QED) is 0.746. The van der Waals surface area contributed by atoms with E-state index < -0.39 is 0 Å². The molecule has 0 atom stereocenters. The Labute approximate surface area is 120 Å². The predicted octanol–water partition coefficient (Wildman–Crippen LogP) is 2.82. The molecule has 0 saturated heterocycles. The average Bonchev–Trinajstić information content (AvgIpc) is 3.13. The van der Waals surface area contributed by atoms with E-state index in [1.807, 2.05) is 23.1 Å². The minimum atomic E-state index is 0.0957. The molecule has 1 N–H and O–H groups in total. The van der Waals surface area contributed by atoms with Crippen LogP contribution < -0.4 is 0 Å². The van der Waals surface area contributed by atoms with Crippen molar-refractivity contribution in [3.05, 3.63) is 51.8 Å². The van der Waals surface area contributed by atoms with E-state index in [-0.39, 0.29) is 5.91 Å². The topological polar surface area (TPSA) is 49.0 Å². The number of hydrogen-bond donors (Lipinski definition) is 1. The van der Waals surface area contributed by atoms with Gasteiger partial charge in [-0.3, -0.25) is 9.89 Å². The smallest absolute Gasteiger partial charge is 0.254 e. The highest BCUT2D eigenvalue weighted by molar-refractivity contribution is 7.10. The number of amides is 1. The van der Waals surface area contributed by atoms with Crippen LogP contribution in [0, 0.1) is 0 Å². The molecule has 0 radical (unpaired) electrons. The zero-order valence-electron chi connectivity index (χ0n) is 10.8. The third kappa shape index (κ3) is 1.82. The molecule has 0 fully saturated rings. The van der Waals surface area contributed by atoms with E-state index >= 15 is 0 Å². The highest BCUT2D eigenvalue weighted by Gasteiger charge is 2.22.